The average Bonchev–Trinajstić information content (AvgIpc) is 3.16. The van der Waals surface area contributed by atoms with Gasteiger partial charge in [0.2, 0.25) is 0 Å². The molecule has 146 valence electrons. The van der Waals surface area contributed by atoms with E-state index in [1.807, 2.05) is 36.5 Å². The topological polar surface area (TPSA) is 89.4 Å². The van der Waals surface area contributed by atoms with E-state index in [0.717, 1.165) is 48.1 Å². The van der Waals surface area contributed by atoms with Gasteiger partial charge in [0.1, 0.15) is 18.1 Å². The molecule has 0 atom stereocenters. The molecule has 6 heteroatoms. The minimum Gasteiger partial charge on any atom is -0.497 e. The molecule has 2 heterocycles. The Kier molecular flexibility index (Phi) is 5.21. The van der Waals surface area contributed by atoms with Crippen molar-refractivity contribution < 1.29 is 14.3 Å². The molecule has 1 amide bonds. The third kappa shape index (κ3) is 3.68. The van der Waals surface area contributed by atoms with Crippen LogP contribution in [0.25, 0.3) is 10.9 Å². The number of ether oxygens (including phenoxy) is 2. The lowest BCUT2D eigenvalue weighted by molar-refractivity contribution is 0.100. The molecule has 0 saturated carbocycles. The Balaban J connectivity index is 1.64. The van der Waals surface area contributed by atoms with E-state index >= 15 is 0 Å². The summed E-state index contributed by atoms with van der Waals surface area (Å²) in [5.74, 6) is 1.46. The van der Waals surface area contributed by atoms with Gasteiger partial charge >= 0.3 is 0 Å². The van der Waals surface area contributed by atoms with Gasteiger partial charge in [-0.25, -0.2) is 0 Å². The van der Waals surface area contributed by atoms with E-state index in [1.54, 1.807) is 13.2 Å². The highest BCUT2D eigenvalue weighted by Crippen LogP contribution is 2.35. The number of nitrogens with two attached hydrogens (primary N) is 1. The Morgan fingerprint density at radius 2 is 1.89 bits per heavy atom. The number of aromatic amines is 1. The minimum absolute atomic E-state index is 0.404. The largest absolute Gasteiger partial charge is 0.497 e. The van der Waals surface area contributed by atoms with Crippen LogP contribution in [0.2, 0.25) is 0 Å². The summed E-state index contributed by atoms with van der Waals surface area (Å²) >= 11 is 0. The maximum Gasteiger partial charge on any atom is 0.250 e. The molecule has 1 saturated heterocycles. The van der Waals surface area contributed by atoms with Crippen molar-refractivity contribution in [3.8, 4) is 11.5 Å². The number of rotatable bonds is 6. The predicted molar refractivity (Wildman–Crippen MR) is 109 cm³/mol. The standard InChI is InChI=1S/C22H25N3O3/c1-27-16-4-2-14(3-5-16)13-28-17-10-18-20(15-6-8-24-9-7-15)12-25-21(18)19(11-17)22(23)26/h2-5,10-12,15,24-25H,6-9,13H2,1H3,(H2,23,26). The van der Waals surface area contributed by atoms with E-state index in [2.05, 4.69) is 10.3 Å². The molecule has 1 aliphatic heterocycles. The van der Waals surface area contributed by atoms with Crippen molar-refractivity contribution in [1.29, 1.82) is 0 Å². The zero-order chi connectivity index (χ0) is 19.5. The second-order valence-electron chi connectivity index (χ2n) is 7.16. The first kappa shape index (κ1) is 18.4. The van der Waals surface area contributed by atoms with Crippen LogP contribution in [-0.4, -0.2) is 31.1 Å². The summed E-state index contributed by atoms with van der Waals surface area (Å²) in [7, 11) is 1.64. The van der Waals surface area contributed by atoms with E-state index in [1.165, 1.54) is 5.56 Å². The number of carbonyl (C=O) groups is 1. The first-order valence-electron chi connectivity index (χ1n) is 9.57. The fraction of sp³-hybridized carbons (Fsp3) is 0.318. The zero-order valence-electron chi connectivity index (χ0n) is 16.0. The Labute approximate surface area is 164 Å². The molecular formula is C22H25N3O3. The number of piperidine rings is 1. The molecule has 3 aromatic rings. The van der Waals surface area contributed by atoms with E-state index in [-0.39, 0.29) is 0 Å². The number of hydrogen-bond acceptors (Lipinski definition) is 4. The number of carbonyl (C=O) groups excluding carboxylic acids is 1. The predicted octanol–water partition coefficient (Wildman–Crippen LogP) is 3.32. The second-order valence-corrected chi connectivity index (χ2v) is 7.16. The van der Waals surface area contributed by atoms with Crippen LogP contribution in [-0.2, 0) is 6.61 Å². The van der Waals surface area contributed by atoms with Gasteiger partial charge in [0, 0.05) is 11.6 Å². The number of primary amides is 1. The van der Waals surface area contributed by atoms with E-state index < -0.39 is 5.91 Å². The van der Waals surface area contributed by atoms with Crippen LogP contribution in [0.4, 0.5) is 0 Å². The summed E-state index contributed by atoms with van der Waals surface area (Å²) in [6, 6.07) is 11.5. The Morgan fingerprint density at radius 1 is 1.14 bits per heavy atom. The van der Waals surface area contributed by atoms with Crippen LogP contribution >= 0.6 is 0 Å². The lowest BCUT2D eigenvalue weighted by Gasteiger charge is -2.22. The van der Waals surface area contributed by atoms with Crippen molar-refractivity contribution in [2.75, 3.05) is 20.2 Å². The molecule has 28 heavy (non-hydrogen) atoms. The number of amides is 1. The maximum absolute atomic E-state index is 12.0. The van der Waals surface area contributed by atoms with Crippen molar-refractivity contribution in [2.45, 2.75) is 25.4 Å². The second kappa shape index (κ2) is 7.94. The van der Waals surface area contributed by atoms with Crippen LogP contribution in [0.15, 0.2) is 42.6 Å². The number of methoxy groups -OCH3 is 1. The van der Waals surface area contributed by atoms with Crippen molar-refractivity contribution in [1.82, 2.24) is 10.3 Å². The number of hydrogen-bond donors (Lipinski definition) is 3. The first-order chi connectivity index (χ1) is 13.7. The van der Waals surface area contributed by atoms with Crippen LogP contribution in [0, 0.1) is 0 Å². The molecule has 0 unspecified atom stereocenters. The summed E-state index contributed by atoms with van der Waals surface area (Å²) in [6.45, 7) is 2.42. The first-order valence-corrected chi connectivity index (χ1v) is 9.57. The normalized spacial score (nSPS) is 14.9. The lowest BCUT2D eigenvalue weighted by Crippen LogP contribution is -2.26. The molecule has 4 N–H and O–H groups in total. The summed E-state index contributed by atoms with van der Waals surface area (Å²) in [6.07, 6.45) is 4.17. The van der Waals surface area contributed by atoms with Gasteiger partial charge in [0.15, 0.2) is 0 Å². The Morgan fingerprint density at radius 3 is 2.57 bits per heavy atom. The smallest absolute Gasteiger partial charge is 0.250 e. The summed E-state index contributed by atoms with van der Waals surface area (Å²) in [4.78, 5) is 15.3. The fourth-order valence-electron chi connectivity index (χ4n) is 3.86. The maximum atomic E-state index is 12.0. The van der Waals surface area contributed by atoms with Crippen LogP contribution in [0.5, 0.6) is 11.5 Å². The molecular weight excluding hydrogens is 354 g/mol. The molecule has 6 nitrogen and oxygen atoms in total. The molecule has 0 bridgehead atoms. The number of nitrogens with one attached hydrogen (secondary N) is 2. The van der Waals surface area contributed by atoms with Crippen LogP contribution in [0.3, 0.4) is 0 Å². The minimum atomic E-state index is -0.460. The molecule has 1 aromatic heterocycles. The Bertz CT molecular complexity index is 973. The third-order valence-corrected chi connectivity index (χ3v) is 5.40. The highest BCUT2D eigenvalue weighted by atomic mass is 16.5. The van der Waals surface area contributed by atoms with Crippen molar-refractivity contribution in [3.63, 3.8) is 0 Å². The van der Waals surface area contributed by atoms with Gasteiger partial charge in [-0.1, -0.05) is 12.1 Å². The monoisotopic (exact) mass is 379 g/mol. The fourth-order valence-corrected chi connectivity index (χ4v) is 3.86. The number of aromatic nitrogens is 1. The van der Waals surface area contributed by atoms with E-state index in [0.29, 0.717) is 23.8 Å². The summed E-state index contributed by atoms with van der Waals surface area (Å²) < 4.78 is 11.2. The SMILES string of the molecule is COc1ccc(COc2cc(C(N)=O)c3[nH]cc(C4CCNCC4)c3c2)cc1. The van der Waals surface area contributed by atoms with Gasteiger partial charge in [-0.3, -0.25) is 4.79 Å². The molecule has 0 radical (unpaired) electrons. The molecule has 0 aliphatic carbocycles. The highest BCUT2D eigenvalue weighted by molar-refractivity contribution is 6.06. The van der Waals surface area contributed by atoms with Crippen molar-refractivity contribution in [3.05, 3.63) is 59.3 Å². The molecule has 1 aliphatic rings. The highest BCUT2D eigenvalue weighted by Gasteiger charge is 2.21. The zero-order valence-corrected chi connectivity index (χ0v) is 16.0. The van der Waals surface area contributed by atoms with Gasteiger partial charge in [-0.15, -0.1) is 0 Å². The van der Waals surface area contributed by atoms with Gasteiger partial charge in [-0.05, 0) is 67.2 Å². The van der Waals surface area contributed by atoms with Gasteiger partial charge in [0.25, 0.3) is 5.91 Å². The Hall–Kier alpha value is -2.99. The quantitative estimate of drug-likeness (QED) is 0.613. The van der Waals surface area contributed by atoms with Gasteiger partial charge in [-0.2, -0.15) is 0 Å². The summed E-state index contributed by atoms with van der Waals surface area (Å²) in [5.41, 5.74) is 9.14. The average molecular weight is 379 g/mol. The lowest BCUT2D eigenvalue weighted by atomic mass is 9.89. The van der Waals surface area contributed by atoms with Gasteiger partial charge < -0.3 is 25.5 Å². The molecule has 4 rings (SSSR count). The van der Waals surface area contributed by atoms with Crippen molar-refractivity contribution in [2.24, 2.45) is 5.73 Å². The van der Waals surface area contributed by atoms with E-state index in [9.17, 15) is 4.79 Å². The number of benzene rings is 2. The summed E-state index contributed by atoms with van der Waals surface area (Å²) in [5, 5.41) is 4.42. The molecule has 0 spiro atoms. The molecule has 1 fully saturated rings. The third-order valence-electron chi connectivity index (χ3n) is 5.40. The van der Waals surface area contributed by atoms with Crippen molar-refractivity contribution >= 4 is 16.8 Å². The van der Waals surface area contributed by atoms with Crippen LogP contribution < -0.4 is 20.5 Å². The van der Waals surface area contributed by atoms with Gasteiger partial charge in [0.05, 0.1) is 18.2 Å². The number of fused-ring (bicyclic) bond motifs is 1. The molecule has 2 aromatic carbocycles. The van der Waals surface area contributed by atoms with Crippen LogP contribution in [0.1, 0.15) is 40.2 Å². The van der Waals surface area contributed by atoms with E-state index in [4.69, 9.17) is 15.2 Å². The number of H-pyrrole nitrogens is 1.